The van der Waals surface area contributed by atoms with Crippen molar-refractivity contribution in [2.45, 2.75) is 45.3 Å². The molecule has 0 aliphatic heterocycles. The van der Waals surface area contributed by atoms with Crippen molar-refractivity contribution in [3.05, 3.63) is 68.7 Å². The van der Waals surface area contributed by atoms with E-state index in [4.69, 9.17) is 12.2 Å². The molecule has 5 nitrogen and oxygen atoms in total. The molecule has 1 amide bonds. The molecule has 1 heterocycles. The van der Waals surface area contributed by atoms with Gasteiger partial charge in [0, 0.05) is 11.6 Å². The molecule has 1 aliphatic carbocycles. The van der Waals surface area contributed by atoms with Gasteiger partial charge in [-0.3, -0.25) is 14.2 Å². The molecule has 3 atom stereocenters. The number of amides is 1. The molecule has 3 aromatic rings. The standard InChI is InChI=1S/C24H24F3N3O2S/c1-13-5-3-8-19(14(13)2)28-21(31)15-9-10-18-20(11-15)29-23(33)30(22(18)32)17-7-4-6-16(12-17)24(25,26)27/h4,6-7,9-14,19H,3,5,8H2,1-2H3,(H,28,31)(H,29,33)/t13-,14+,19+/m1/s1. The van der Waals surface area contributed by atoms with Gasteiger partial charge >= 0.3 is 6.18 Å². The van der Waals surface area contributed by atoms with Gasteiger partial charge in [-0.05, 0) is 66.9 Å². The Balaban J connectivity index is 1.69. The highest BCUT2D eigenvalue weighted by Crippen LogP contribution is 2.31. The maximum atomic E-state index is 13.1. The molecule has 33 heavy (non-hydrogen) atoms. The fourth-order valence-electron chi connectivity index (χ4n) is 4.45. The summed E-state index contributed by atoms with van der Waals surface area (Å²) in [5, 5.41) is 3.32. The Morgan fingerprint density at radius 2 is 1.91 bits per heavy atom. The molecule has 1 fully saturated rings. The van der Waals surface area contributed by atoms with E-state index in [1.165, 1.54) is 18.2 Å². The molecule has 9 heteroatoms. The first-order valence-corrected chi connectivity index (χ1v) is 11.2. The Labute approximate surface area is 193 Å². The molecule has 0 saturated heterocycles. The van der Waals surface area contributed by atoms with Gasteiger partial charge in [0.15, 0.2) is 4.77 Å². The second kappa shape index (κ2) is 8.78. The van der Waals surface area contributed by atoms with Crippen LogP contribution in [0.4, 0.5) is 13.2 Å². The number of halogens is 3. The minimum atomic E-state index is -4.54. The van der Waals surface area contributed by atoms with Crippen molar-refractivity contribution in [3.63, 3.8) is 0 Å². The second-order valence-corrected chi connectivity index (χ2v) is 9.11. The Bertz CT molecular complexity index is 1330. The summed E-state index contributed by atoms with van der Waals surface area (Å²) in [6.07, 6.45) is -1.40. The Morgan fingerprint density at radius 3 is 2.64 bits per heavy atom. The van der Waals surface area contributed by atoms with Crippen LogP contribution in [-0.4, -0.2) is 21.5 Å². The lowest BCUT2D eigenvalue weighted by Gasteiger charge is -2.34. The molecule has 4 rings (SSSR count). The average Bonchev–Trinajstić information content (AvgIpc) is 2.76. The number of rotatable bonds is 3. The molecule has 1 aliphatic rings. The predicted octanol–water partition coefficient (Wildman–Crippen LogP) is 5.62. The number of aromatic nitrogens is 2. The number of nitrogens with zero attached hydrogens (tertiary/aromatic N) is 1. The van der Waals surface area contributed by atoms with Gasteiger partial charge in [-0.25, -0.2) is 0 Å². The van der Waals surface area contributed by atoms with Gasteiger partial charge < -0.3 is 10.3 Å². The maximum absolute atomic E-state index is 13.1. The zero-order valence-electron chi connectivity index (χ0n) is 18.2. The van der Waals surface area contributed by atoms with Crippen molar-refractivity contribution in [1.29, 1.82) is 0 Å². The number of carbonyl (C=O) groups excluding carboxylic acids is 1. The number of hydrogen-bond donors (Lipinski definition) is 2. The fraction of sp³-hybridized carbons (Fsp3) is 0.375. The van der Waals surface area contributed by atoms with Crippen molar-refractivity contribution < 1.29 is 18.0 Å². The number of benzene rings is 2. The highest BCUT2D eigenvalue weighted by atomic mass is 32.1. The predicted molar refractivity (Wildman–Crippen MR) is 123 cm³/mol. The zero-order chi connectivity index (χ0) is 23.9. The van der Waals surface area contributed by atoms with Crippen molar-refractivity contribution in [1.82, 2.24) is 14.9 Å². The van der Waals surface area contributed by atoms with Gasteiger partial charge in [0.05, 0.1) is 22.2 Å². The lowest BCUT2D eigenvalue weighted by Crippen LogP contribution is -2.43. The molecular formula is C24H24F3N3O2S. The quantitative estimate of drug-likeness (QED) is 0.483. The van der Waals surface area contributed by atoms with Crippen LogP contribution >= 0.6 is 12.2 Å². The summed E-state index contributed by atoms with van der Waals surface area (Å²) < 4.78 is 40.3. The van der Waals surface area contributed by atoms with Crippen LogP contribution in [0.2, 0.25) is 0 Å². The summed E-state index contributed by atoms with van der Waals surface area (Å²) in [6, 6.07) is 9.11. The molecular weight excluding hydrogens is 451 g/mol. The summed E-state index contributed by atoms with van der Waals surface area (Å²) >= 11 is 5.28. The Hall–Kier alpha value is -2.94. The van der Waals surface area contributed by atoms with Crippen molar-refractivity contribution >= 4 is 29.0 Å². The number of carbonyl (C=O) groups is 1. The highest BCUT2D eigenvalue weighted by molar-refractivity contribution is 7.71. The lowest BCUT2D eigenvalue weighted by molar-refractivity contribution is -0.137. The number of aromatic amines is 1. The number of H-pyrrole nitrogens is 1. The largest absolute Gasteiger partial charge is 0.416 e. The van der Waals surface area contributed by atoms with Crippen LogP contribution in [0.15, 0.2) is 47.3 Å². The summed E-state index contributed by atoms with van der Waals surface area (Å²) in [5.41, 5.74) is -0.685. The van der Waals surface area contributed by atoms with Crippen LogP contribution in [0.3, 0.4) is 0 Å². The van der Waals surface area contributed by atoms with Crippen LogP contribution < -0.4 is 10.9 Å². The lowest BCUT2D eigenvalue weighted by atomic mass is 9.78. The summed E-state index contributed by atoms with van der Waals surface area (Å²) in [5.74, 6) is 0.670. The highest BCUT2D eigenvalue weighted by Gasteiger charge is 2.31. The van der Waals surface area contributed by atoms with Crippen LogP contribution in [0.5, 0.6) is 0 Å². The smallest absolute Gasteiger partial charge is 0.349 e. The third-order valence-corrected chi connectivity index (χ3v) is 6.90. The van der Waals surface area contributed by atoms with Crippen LogP contribution in [0, 0.1) is 16.6 Å². The molecule has 0 bridgehead atoms. The third kappa shape index (κ3) is 4.59. The van der Waals surface area contributed by atoms with E-state index in [0.717, 1.165) is 36.0 Å². The van der Waals surface area contributed by atoms with E-state index >= 15 is 0 Å². The first-order chi connectivity index (χ1) is 15.6. The molecule has 2 aromatic carbocycles. The van der Waals surface area contributed by atoms with Gasteiger partial charge in [-0.1, -0.05) is 32.8 Å². The van der Waals surface area contributed by atoms with E-state index in [-0.39, 0.29) is 27.8 Å². The first kappa shape index (κ1) is 23.2. The normalized spacial score (nSPS) is 21.2. The molecule has 2 N–H and O–H groups in total. The third-order valence-electron chi connectivity index (χ3n) is 6.61. The summed E-state index contributed by atoms with van der Waals surface area (Å²) in [4.78, 5) is 28.8. The fourth-order valence-corrected chi connectivity index (χ4v) is 4.75. The van der Waals surface area contributed by atoms with Gasteiger partial charge in [0.1, 0.15) is 0 Å². The maximum Gasteiger partial charge on any atom is 0.416 e. The SMILES string of the molecule is C[C@H]1[C@H](C)CCC[C@@H]1NC(=O)c1ccc2c(=O)n(-c3cccc(C(F)(F)F)c3)c(=S)[nH]c2c1. The number of fused-ring (bicyclic) bond motifs is 1. The van der Waals surface area contributed by atoms with E-state index in [2.05, 4.69) is 24.1 Å². The van der Waals surface area contributed by atoms with E-state index in [9.17, 15) is 22.8 Å². The van der Waals surface area contributed by atoms with Gasteiger partial charge in [-0.2, -0.15) is 13.2 Å². The minimum Gasteiger partial charge on any atom is -0.349 e. The first-order valence-electron chi connectivity index (χ1n) is 10.8. The second-order valence-electron chi connectivity index (χ2n) is 8.73. The van der Waals surface area contributed by atoms with Gasteiger partial charge in [0.2, 0.25) is 0 Å². The number of hydrogen-bond acceptors (Lipinski definition) is 3. The van der Waals surface area contributed by atoms with Crippen molar-refractivity contribution in [2.24, 2.45) is 11.8 Å². The molecule has 1 aromatic heterocycles. The Morgan fingerprint density at radius 1 is 1.15 bits per heavy atom. The van der Waals surface area contributed by atoms with Gasteiger partial charge in [0.25, 0.3) is 11.5 Å². The van der Waals surface area contributed by atoms with E-state index in [1.807, 2.05) is 0 Å². The van der Waals surface area contributed by atoms with E-state index in [1.54, 1.807) is 12.1 Å². The van der Waals surface area contributed by atoms with Crippen molar-refractivity contribution in [2.75, 3.05) is 0 Å². The van der Waals surface area contributed by atoms with Crippen LogP contribution in [0.25, 0.3) is 16.6 Å². The van der Waals surface area contributed by atoms with E-state index < -0.39 is 17.3 Å². The summed E-state index contributed by atoms with van der Waals surface area (Å²) in [7, 11) is 0. The van der Waals surface area contributed by atoms with Gasteiger partial charge in [-0.15, -0.1) is 0 Å². The summed E-state index contributed by atoms with van der Waals surface area (Å²) in [6.45, 7) is 4.33. The topological polar surface area (TPSA) is 66.9 Å². The van der Waals surface area contributed by atoms with E-state index in [0.29, 0.717) is 22.9 Å². The molecule has 0 spiro atoms. The average molecular weight is 476 g/mol. The van der Waals surface area contributed by atoms with Crippen LogP contribution in [0.1, 0.15) is 49.0 Å². The number of alkyl halides is 3. The molecule has 0 radical (unpaired) electrons. The molecule has 1 saturated carbocycles. The van der Waals surface area contributed by atoms with Crippen molar-refractivity contribution in [3.8, 4) is 5.69 Å². The Kier molecular flexibility index (Phi) is 6.18. The minimum absolute atomic E-state index is 0.0141. The monoisotopic (exact) mass is 475 g/mol. The molecule has 174 valence electrons. The number of nitrogens with one attached hydrogen (secondary N) is 2. The zero-order valence-corrected chi connectivity index (χ0v) is 19.0. The van der Waals surface area contributed by atoms with Crippen LogP contribution in [-0.2, 0) is 6.18 Å². The molecule has 0 unspecified atom stereocenters.